The molecule has 0 rings (SSSR count). The van der Waals surface area contributed by atoms with Crippen LogP contribution in [0, 0.1) is 17.4 Å². The summed E-state index contributed by atoms with van der Waals surface area (Å²) < 4.78 is 0. The van der Waals surface area contributed by atoms with Gasteiger partial charge in [0.2, 0.25) is 0 Å². The molecule has 0 radical (unpaired) electrons. The van der Waals surface area contributed by atoms with Crippen LogP contribution in [0.5, 0.6) is 0 Å². The molecule has 70 valence electrons. The average Bonchev–Trinajstić information content (AvgIpc) is 1.95. The third-order valence-corrected chi connectivity index (χ3v) is 1.69. The monoisotopic (exact) mass is 168 g/mol. The second kappa shape index (κ2) is 5.05. The van der Waals surface area contributed by atoms with Gasteiger partial charge in [-0.3, -0.25) is 4.90 Å². The highest BCUT2D eigenvalue weighted by molar-refractivity contribution is 4.96. The van der Waals surface area contributed by atoms with Crippen LogP contribution in [0.25, 0.3) is 0 Å². The molecule has 0 aliphatic heterocycles. The zero-order valence-corrected chi connectivity index (χ0v) is 8.65. The maximum absolute atomic E-state index is 5.07. The maximum atomic E-state index is 5.07. The van der Waals surface area contributed by atoms with Gasteiger partial charge in [-0.25, -0.2) is 0 Å². The highest BCUT2D eigenvalue weighted by atomic mass is 15.1. The molecule has 0 amide bonds. The van der Waals surface area contributed by atoms with Gasteiger partial charge in [0.05, 0.1) is 6.54 Å². The van der Waals surface area contributed by atoms with Crippen molar-refractivity contribution in [3.05, 3.63) is 0 Å². The second-order valence-corrected chi connectivity index (χ2v) is 4.37. The van der Waals surface area contributed by atoms with Crippen LogP contribution in [0.15, 0.2) is 0 Å². The first-order valence-electron chi connectivity index (χ1n) is 4.33. The largest absolute Gasteiger partial charge is 0.359 e. The minimum absolute atomic E-state index is 0.407. The van der Waals surface area contributed by atoms with Crippen molar-refractivity contribution in [1.82, 2.24) is 4.90 Å². The Morgan fingerprint density at radius 1 is 1.33 bits per heavy atom. The van der Waals surface area contributed by atoms with Gasteiger partial charge >= 0.3 is 0 Å². The summed E-state index contributed by atoms with van der Waals surface area (Å²) in [4.78, 5) is 2.19. The number of hydrogen-bond acceptors (Lipinski definition) is 2. The molecular weight excluding hydrogens is 148 g/mol. The Balaban J connectivity index is 3.55. The van der Waals surface area contributed by atoms with E-state index in [1.807, 2.05) is 0 Å². The molecule has 2 nitrogen and oxygen atoms in total. The molecule has 0 aromatic heterocycles. The quantitative estimate of drug-likeness (QED) is 0.508. The van der Waals surface area contributed by atoms with E-state index in [2.05, 4.69) is 44.7 Å². The molecule has 0 unspecified atom stereocenters. The SMILES string of the molecule is CN(CC#CN)CCC(C)(C)C. The number of nitrogens with two attached hydrogens (primary N) is 1. The molecule has 0 fully saturated rings. The first-order valence-corrected chi connectivity index (χ1v) is 4.33. The predicted octanol–water partition coefficient (Wildman–Crippen LogP) is 1.27. The van der Waals surface area contributed by atoms with Crippen LogP contribution in [-0.4, -0.2) is 25.0 Å². The third-order valence-electron chi connectivity index (χ3n) is 1.69. The van der Waals surface area contributed by atoms with Crippen molar-refractivity contribution in [2.45, 2.75) is 27.2 Å². The first-order chi connectivity index (χ1) is 5.45. The maximum Gasteiger partial charge on any atom is 0.0617 e. The molecular formula is C10H20N2. The van der Waals surface area contributed by atoms with Crippen LogP contribution in [0.1, 0.15) is 27.2 Å². The third kappa shape index (κ3) is 7.43. The average molecular weight is 168 g/mol. The zero-order chi connectivity index (χ0) is 9.61. The van der Waals surface area contributed by atoms with Crippen molar-refractivity contribution in [1.29, 1.82) is 0 Å². The van der Waals surface area contributed by atoms with Crippen molar-refractivity contribution in [3.8, 4) is 12.0 Å². The molecule has 2 N–H and O–H groups in total. The Morgan fingerprint density at radius 3 is 2.33 bits per heavy atom. The molecule has 0 saturated heterocycles. The highest BCUT2D eigenvalue weighted by Gasteiger charge is 2.10. The van der Waals surface area contributed by atoms with Gasteiger partial charge in [0.15, 0.2) is 0 Å². The van der Waals surface area contributed by atoms with E-state index < -0.39 is 0 Å². The Morgan fingerprint density at radius 2 is 1.92 bits per heavy atom. The number of nitrogens with zero attached hydrogens (tertiary/aromatic N) is 1. The normalized spacial score (nSPS) is 11.1. The topological polar surface area (TPSA) is 29.3 Å². The molecule has 0 aromatic carbocycles. The fourth-order valence-electron chi connectivity index (χ4n) is 0.786. The standard InChI is InChI=1S/C10H20N2/c1-10(2,3)6-9-12(4)8-5-7-11/h6,8-9,11H2,1-4H3. The summed E-state index contributed by atoms with van der Waals surface area (Å²) in [5.41, 5.74) is 5.48. The number of hydrogen-bond donors (Lipinski definition) is 1. The lowest BCUT2D eigenvalue weighted by Gasteiger charge is -2.21. The minimum atomic E-state index is 0.407. The Hall–Kier alpha value is -0.680. The summed E-state index contributed by atoms with van der Waals surface area (Å²) in [7, 11) is 2.07. The van der Waals surface area contributed by atoms with Crippen molar-refractivity contribution < 1.29 is 0 Å². The van der Waals surface area contributed by atoms with E-state index in [-0.39, 0.29) is 0 Å². The Labute approximate surface area is 76.1 Å². The highest BCUT2D eigenvalue weighted by Crippen LogP contribution is 2.18. The first kappa shape index (κ1) is 11.3. The summed E-state index contributed by atoms with van der Waals surface area (Å²) in [6.45, 7) is 8.59. The van der Waals surface area contributed by atoms with Gasteiger partial charge in [-0.1, -0.05) is 26.7 Å². The van der Waals surface area contributed by atoms with E-state index in [4.69, 9.17) is 5.73 Å². The van der Waals surface area contributed by atoms with Gasteiger partial charge in [0, 0.05) is 6.04 Å². The van der Waals surface area contributed by atoms with Gasteiger partial charge in [-0.2, -0.15) is 0 Å². The fourth-order valence-corrected chi connectivity index (χ4v) is 0.786. The summed E-state index contributed by atoms with van der Waals surface area (Å²) in [5, 5.41) is 0. The molecule has 0 spiro atoms. The van der Waals surface area contributed by atoms with Crippen molar-refractivity contribution in [2.75, 3.05) is 20.1 Å². The van der Waals surface area contributed by atoms with Crippen molar-refractivity contribution >= 4 is 0 Å². The lowest BCUT2D eigenvalue weighted by atomic mass is 9.92. The lowest BCUT2D eigenvalue weighted by molar-refractivity contribution is 0.283. The van der Waals surface area contributed by atoms with E-state index in [0.717, 1.165) is 13.1 Å². The van der Waals surface area contributed by atoms with Crippen molar-refractivity contribution in [3.63, 3.8) is 0 Å². The van der Waals surface area contributed by atoms with Crippen LogP contribution in [0.3, 0.4) is 0 Å². The summed E-state index contributed by atoms with van der Waals surface area (Å²) in [5.74, 6) is 2.84. The Kier molecular flexibility index (Phi) is 4.77. The second-order valence-electron chi connectivity index (χ2n) is 4.37. The van der Waals surface area contributed by atoms with Gasteiger partial charge in [0.1, 0.15) is 0 Å². The van der Waals surface area contributed by atoms with E-state index in [0.29, 0.717) is 5.41 Å². The minimum Gasteiger partial charge on any atom is -0.359 e. The molecule has 0 bridgehead atoms. The van der Waals surface area contributed by atoms with Crippen LogP contribution in [0.2, 0.25) is 0 Å². The number of rotatable bonds is 3. The molecule has 12 heavy (non-hydrogen) atoms. The van der Waals surface area contributed by atoms with Crippen LogP contribution in [0.4, 0.5) is 0 Å². The van der Waals surface area contributed by atoms with Gasteiger partial charge in [0.25, 0.3) is 0 Å². The molecule has 0 aliphatic rings. The van der Waals surface area contributed by atoms with Crippen molar-refractivity contribution in [2.24, 2.45) is 11.1 Å². The predicted molar refractivity (Wildman–Crippen MR) is 53.5 cm³/mol. The van der Waals surface area contributed by atoms with E-state index in [1.54, 1.807) is 0 Å². The smallest absolute Gasteiger partial charge is 0.0617 e. The molecule has 0 aromatic rings. The summed E-state index contributed by atoms with van der Waals surface area (Å²) in [6, 6.07) is 2.40. The van der Waals surface area contributed by atoms with E-state index in [9.17, 15) is 0 Å². The van der Waals surface area contributed by atoms with E-state index >= 15 is 0 Å². The van der Waals surface area contributed by atoms with Crippen LogP contribution in [-0.2, 0) is 0 Å². The fraction of sp³-hybridized carbons (Fsp3) is 0.800. The van der Waals surface area contributed by atoms with Gasteiger partial charge in [-0.15, -0.1) is 0 Å². The van der Waals surface area contributed by atoms with Gasteiger partial charge in [-0.05, 0) is 25.4 Å². The molecule has 0 heterocycles. The Bertz CT molecular complexity index is 169. The summed E-state index contributed by atoms with van der Waals surface area (Å²) >= 11 is 0. The lowest BCUT2D eigenvalue weighted by Crippen LogP contribution is -2.23. The molecule has 0 saturated carbocycles. The summed E-state index contributed by atoms with van der Waals surface area (Å²) in [6.07, 6.45) is 1.19. The van der Waals surface area contributed by atoms with E-state index in [1.165, 1.54) is 6.42 Å². The van der Waals surface area contributed by atoms with Crippen LogP contribution < -0.4 is 5.73 Å². The van der Waals surface area contributed by atoms with Gasteiger partial charge < -0.3 is 5.73 Å². The zero-order valence-electron chi connectivity index (χ0n) is 8.65. The molecule has 2 heteroatoms. The van der Waals surface area contributed by atoms with Crippen LogP contribution >= 0.6 is 0 Å². The molecule has 0 atom stereocenters. The molecule has 0 aliphatic carbocycles.